The molecule has 0 radical (unpaired) electrons. The molecule has 0 bridgehead atoms. The SMILES string of the molecule is CC(C)n1ncc2c(C(=O)O[C@@H](C)C(=O)N(C)CCC#N)cc(-c3ccccc3)nc21. The van der Waals surface area contributed by atoms with Gasteiger partial charge in [0.1, 0.15) is 0 Å². The molecule has 1 aromatic carbocycles. The van der Waals surface area contributed by atoms with Gasteiger partial charge in [-0.2, -0.15) is 10.4 Å². The van der Waals surface area contributed by atoms with Gasteiger partial charge in [-0.3, -0.25) is 4.79 Å². The van der Waals surface area contributed by atoms with Crippen LogP contribution in [0.25, 0.3) is 22.3 Å². The van der Waals surface area contributed by atoms with Gasteiger partial charge in [0, 0.05) is 25.2 Å². The number of nitrogens with zero attached hydrogens (tertiary/aromatic N) is 5. The van der Waals surface area contributed by atoms with Gasteiger partial charge in [0.15, 0.2) is 11.8 Å². The number of pyridine rings is 1. The van der Waals surface area contributed by atoms with Gasteiger partial charge in [-0.15, -0.1) is 0 Å². The second-order valence-electron chi connectivity index (χ2n) is 7.56. The van der Waals surface area contributed by atoms with Crippen LogP contribution in [0.5, 0.6) is 0 Å². The molecule has 3 rings (SSSR count). The van der Waals surface area contributed by atoms with Gasteiger partial charge in [0.05, 0.1) is 35.3 Å². The van der Waals surface area contributed by atoms with Crippen LogP contribution in [0, 0.1) is 11.3 Å². The highest BCUT2D eigenvalue weighted by Crippen LogP contribution is 2.27. The van der Waals surface area contributed by atoms with Crippen molar-refractivity contribution < 1.29 is 14.3 Å². The summed E-state index contributed by atoms with van der Waals surface area (Å²) in [5.74, 6) is -0.988. The Morgan fingerprint density at radius 2 is 1.94 bits per heavy atom. The van der Waals surface area contributed by atoms with E-state index < -0.39 is 12.1 Å². The lowest BCUT2D eigenvalue weighted by Gasteiger charge is -2.20. The molecule has 0 unspecified atom stereocenters. The minimum atomic E-state index is -0.986. The monoisotopic (exact) mass is 419 g/mol. The lowest BCUT2D eigenvalue weighted by molar-refractivity contribution is -0.138. The average molecular weight is 419 g/mol. The van der Waals surface area contributed by atoms with Gasteiger partial charge in [-0.25, -0.2) is 14.5 Å². The number of ether oxygens (including phenoxy) is 1. The van der Waals surface area contributed by atoms with E-state index in [4.69, 9.17) is 15.0 Å². The highest BCUT2D eigenvalue weighted by Gasteiger charge is 2.25. The molecule has 0 aliphatic carbocycles. The molecule has 31 heavy (non-hydrogen) atoms. The number of rotatable bonds is 7. The van der Waals surface area contributed by atoms with Gasteiger partial charge in [0.2, 0.25) is 0 Å². The fraction of sp³-hybridized carbons (Fsp3) is 0.348. The molecule has 8 nitrogen and oxygen atoms in total. The number of hydrogen-bond donors (Lipinski definition) is 0. The summed E-state index contributed by atoms with van der Waals surface area (Å²) in [6.07, 6.45) is 0.821. The van der Waals surface area contributed by atoms with E-state index in [9.17, 15) is 9.59 Å². The molecule has 0 saturated carbocycles. The van der Waals surface area contributed by atoms with Crippen molar-refractivity contribution in [3.05, 3.63) is 48.2 Å². The van der Waals surface area contributed by atoms with Crippen molar-refractivity contribution in [2.24, 2.45) is 0 Å². The molecule has 0 aliphatic heterocycles. The summed E-state index contributed by atoms with van der Waals surface area (Å²) in [6, 6.07) is 13.2. The van der Waals surface area contributed by atoms with Crippen molar-refractivity contribution in [2.75, 3.05) is 13.6 Å². The van der Waals surface area contributed by atoms with Crippen molar-refractivity contribution in [3.63, 3.8) is 0 Å². The number of hydrogen-bond acceptors (Lipinski definition) is 6. The molecule has 0 fully saturated rings. The van der Waals surface area contributed by atoms with Crippen LogP contribution in [0.1, 0.15) is 43.6 Å². The van der Waals surface area contributed by atoms with Gasteiger partial charge >= 0.3 is 5.97 Å². The van der Waals surface area contributed by atoms with E-state index >= 15 is 0 Å². The first-order valence-electron chi connectivity index (χ1n) is 10.1. The molecule has 2 aromatic heterocycles. The maximum atomic E-state index is 13.1. The van der Waals surface area contributed by atoms with Crippen LogP contribution < -0.4 is 0 Å². The molecule has 0 spiro atoms. The fourth-order valence-electron chi connectivity index (χ4n) is 3.23. The number of fused-ring (bicyclic) bond motifs is 1. The van der Waals surface area contributed by atoms with Gasteiger partial charge in [-0.1, -0.05) is 30.3 Å². The zero-order chi connectivity index (χ0) is 22.5. The average Bonchev–Trinajstić information content (AvgIpc) is 3.21. The van der Waals surface area contributed by atoms with E-state index in [2.05, 4.69) is 5.10 Å². The molecule has 1 atom stereocenters. The zero-order valence-electron chi connectivity index (χ0n) is 18.1. The highest BCUT2D eigenvalue weighted by atomic mass is 16.5. The van der Waals surface area contributed by atoms with Crippen molar-refractivity contribution in [1.29, 1.82) is 5.26 Å². The summed E-state index contributed by atoms with van der Waals surface area (Å²) in [6.45, 7) is 5.77. The Kier molecular flexibility index (Phi) is 6.65. The van der Waals surface area contributed by atoms with E-state index in [-0.39, 0.29) is 24.9 Å². The first-order valence-corrected chi connectivity index (χ1v) is 10.1. The van der Waals surface area contributed by atoms with Gasteiger partial charge in [-0.05, 0) is 26.8 Å². The molecule has 0 saturated heterocycles. The number of carbonyl (C=O) groups is 2. The predicted octanol–water partition coefficient (Wildman–Crippen LogP) is 3.60. The van der Waals surface area contributed by atoms with E-state index in [0.717, 1.165) is 5.56 Å². The Morgan fingerprint density at radius 3 is 2.58 bits per heavy atom. The molecule has 1 amide bonds. The first-order chi connectivity index (χ1) is 14.8. The molecular formula is C23H25N5O3. The summed E-state index contributed by atoms with van der Waals surface area (Å²) in [5.41, 5.74) is 2.35. The lowest BCUT2D eigenvalue weighted by Crippen LogP contribution is -2.37. The molecular weight excluding hydrogens is 394 g/mol. The Morgan fingerprint density at radius 1 is 1.23 bits per heavy atom. The normalized spacial score (nSPS) is 11.9. The van der Waals surface area contributed by atoms with E-state index in [1.807, 2.05) is 50.2 Å². The lowest BCUT2D eigenvalue weighted by atomic mass is 10.1. The van der Waals surface area contributed by atoms with Crippen LogP contribution in [0.2, 0.25) is 0 Å². The molecule has 3 aromatic rings. The summed E-state index contributed by atoms with van der Waals surface area (Å²) in [5, 5.41) is 13.7. The quantitative estimate of drug-likeness (QED) is 0.542. The second-order valence-corrected chi connectivity index (χ2v) is 7.56. The van der Waals surface area contributed by atoms with Gasteiger partial charge < -0.3 is 9.64 Å². The van der Waals surface area contributed by atoms with Gasteiger partial charge in [0.25, 0.3) is 5.91 Å². The van der Waals surface area contributed by atoms with Crippen LogP contribution >= 0.6 is 0 Å². The van der Waals surface area contributed by atoms with Crippen molar-refractivity contribution >= 4 is 22.9 Å². The maximum absolute atomic E-state index is 13.1. The summed E-state index contributed by atoms with van der Waals surface area (Å²) in [4.78, 5) is 31.7. The fourth-order valence-corrected chi connectivity index (χ4v) is 3.23. The molecule has 8 heteroatoms. The maximum Gasteiger partial charge on any atom is 0.339 e. The van der Waals surface area contributed by atoms with E-state index in [0.29, 0.717) is 22.3 Å². The third-order valence-electron chi connectivity index (χ3n) is 4.91. The third-order valence-corrected chi connectivity index (χ3v) is 4.91. The summed E-state index contributed by atoms with van der Waals surface area (Å²) >= 11 is 0. The smallest absolute Gasteiger partial charge is 0.339 e. The van der Waals surface area contributed by atoms with Crippen LogP contribution in [0.4, 0.5) is 0 Å². The predicted molar refractivity (Wildman–Crippen MR) is 116 cm³/mol. The highest BCUT2D eigenvalue weighted by molar-refractivity contribution is 6.04. The Hall–Kier alpha value is -3.73. The molecule has 0 aliphatic rings. The Balaban J connectivity index is 1.97. The Bertz CT molecular complexity index is 1130. The van der Waals surface area contributed by atoms with Crippen molar-refractivity contribution in [3.8, 4) is 17.3 Å². The molecule has 160 valence electrons. The summed E-state index contributed by atoms with van der Waals surface area (Å²) in [7, 11) is 1.58. The second kappa shape index (κ2) is 9.39. The third kappa shape index (κ3) is 4.72. The summed E-state index contributed by atoms with van der Waals surface area (Å²) < 4.78 is 7.24. The Labute approximate surface area is 181 Å². The molecule has 2 heterocycles. The number of benzene rings is 1. The van der Waals surface area contributed by atoms with Crippen LogP contribution in [0.3, 0.4) is 0 Å². The number of carbonyl (C=O) groups excluding carboxylic acids is 2. The van der Waals surface area contributed by atoms with Crippen LogP contribution in [-0.4, -0.2) is 51.2 Å². The number of esters is 1. The minimum Gasteiger partial charge on any atom is -0.449 e. The topological polar surface area (TPSA) is 101 Å². The number of nitriles is 1. The first kappa shape index (κ1) is 22.0. The van der Waals surface area contributed by atoms with E-state index in [1.54, 1.807) is 24.0 Å². The largest absolute Gasteiger partial charge is 0.449 e. The van der Waals surface area contributed by atoms with E-state index in [1.165, 1.54) is 11.8 Å². The van der Waals surface area contributed by atoms with Crippen molar-refractivity contribution in [2.45, 2.75) is 39.3 Å². The number of amides is 1. The van der Waals surface area contributed by atoms with Crippen LogP contribution in [0.15, 0.2) is 42.6 Å². The minimum absolute atomic E-state index is 0.0502. The number of aromatic nitrogens is 3. The zero-order valence-corrected chi connectivity index (χ0v) is 18.1. The number of likely N-dealkylation sites (N-methyl/N-ethyl adjacent to an activating group) is 1. The van der Waals surface area contributed by atoms with Crippen LogP contribution in [-0.2, 0) is 9.53 Å². The van der Waals surface area contributed by atoms with Crippen molar-refractivity contribution in [1.82, 2.24) is 19.7 Å². The standard InChI is InChI=1S/C23H25N5O3/c1-15(2)28-21-19(14-25-28)18(13-20(26-21)17-9-6-5-7-10-17)23(30)31-16(3)22(29)27(4)12-8-11-24/h5-7,9-10,13-16H,8,12H2,1-4H3/t16-/m0/s1. The molecule has 0 N–H and O–H groups in total.